The van der Waals surface area contributed by atoms with Crippen molar-refractivity contribution in [2.75, 3.05) is 13.6 Å². The van der Waals surface area contributed by atoms with Gasteiger partial charge in [-0.2, -0.15) is 0 Å². The minimum absolute atomic E-state index is 0.0276. The van der Waals surface area contributed by atoms with Crippen LogP contribution >= 0.6 is 23.2 Å². The third-order valence-corrected chi connectivity index (χ3v) is 4.55. The van der Waals surface area contributed by atoms with Crippen molar-refractivity contribution in [3.63, 3.8) is 0 Å². The summed E-state index contributed by atoms with van der Waals surface area (Å²) in [6.07, 6.45) is 1.63. The molecule has 4 nitrogen and oxygen atoms in total. The summed E-state index contributed by atoms with van der Waals surface area (Å²) in [4.78, 5) is 25.6. The first-order chi connectivity index (χ1) is 10.4. The van der Waals surface area contributed by atoms with Crippen molar-refractivity contribution in [1.29, 1.82) is 0 Å². The number of benzene rings is 1. The predicted octanol–water partition coefficient (Wildman–Crippen LogP) is 2.91. The average Bonchev–Trinajstić information content (AvgIpc) is 2.45. The highest BCUT2D eigenvalue weighted by molar-refractivity contribution is 6.35. The number of rotatable bonds is 4. The van der Waals surface area contributed by atoms with Gasteiger partial charge in [0, 0.05) is 42.0 Å². The van der Waals surface area contributed by atoms with Crippen LogP contribution in [0.4, 0.5) is 0 Å². The Labute approximate surface area is 140 Å². The van der Waals surface area contributed by atoms with Crippen LogP contribution in [0.15, 0.2) is 18.2 Å². The van der Waals surface area contributed by atoms with Gasteiger partial charge in [-0.1, -0.05) is 29.3 Å². The van der Waals surface area contributed by atoms with Crippen LogP contribution in [0, 0.1) is 5.92 Å². The van der Waals surface area contributed by atoms with Gasteiger partial charge in [-0.3, -0.25) is 9.59 Å². The summed E-state index contributed by atoms with van der Waals surface area (Å²) in [5, 5.41) is 4.17. The Morgan fingerprint density at radius 1 is 1.45 bits per heavy atom. The highest BCUT2D eigenvalue weighted by Gasteiger charge is 2.29. The molecule has 0 spiro atoms. The minimum Gasteiger partial charge on any atom is -0.353 e. The molecule has 1 aromatic carbocycles. The van der Waals surface area contributed by atoms with Gasteiger partial charge in [0.05, 0.1) is 0 Å². The second-order valence-electron chi connectivity index (χ2n) is 5.85. The molecule has 1 N–H and O–H groups in total. The maximum atomic E-state index is 12.3. The molecule has 6 heteroatoms. The highest BCUT2D eigenvalue weighted by Crippen LogP contribution is 2.22. The van der Waals surface area contributed by atoms with Gasteiger partial charge in [0.25, 0.3) is 0 Å². The molecule has 2 atom stereocenters. The van der Waals surface area contributed by atoms with Gasteiger partial charge in [-0.25, -0.2) is 0 Å². The SMILES string of the molecule is CC(Cc1ccc(Cl)cc1Cl)NC(=O)C1CCN(C)C(=O)C1. The van der Waals surface area contributed by atoms with Crippen molar-refractivity contribution in [3.8, 4) is 0 Å². The molecular weight excluding hydrogens is 323 g/mol. The van der Waals surface area contributed by atoms with Crippen molar-refractivity contribution in [3.05, 3.63) is 33.8 Å². The second-order valence-corrected chi connectivity index (χ2v) is 6.70. The summed E-state index contributed by atoms with van der Waals surface area (Å²) in [5.41, 5.74) is 0.943. The third kappa shape index (κ3) is 4.37. The lowest BCUT2D eigenvalue weighted by Gasteiger charge is -2.28. The van der Waals surface area contributed by atoms with E-state index in [2.05, 4.69) is 5.32 Å². The first-order valence-electron chi connectivity index (χ1n) is 7.35. The summed E-state index contributed by atoms with van der Waals surface area (Å²) in [7, 11) is 1.77. The molecule has 2 amide bonds. The fourth-order valence-electron chi connectivity index (χ4n) is 2.60. The van der Waals surface area contributed by atoms with Gasteiger partial charge in [-0.05, 0) is 37.5 Å². The fraction of sp³-hybridized carbons (Fsp3) is 0.500. The zero-order valence-electron chi connectivity index (χ0n) is 12.7. The maximum absolute atomic E-state index is 12.3. The van der Waals surface area contributed by atoms with Crippen LogP contribution in [0.1, 0.15) is 25.3 Å². The summed E-state index contributed by atoms with van der Waals surface area (Å²) in [6, 6.07) is 5.29. The van der Waals surface area contributed by atoms with E-state index in [1.807, 2.05) is 13.0 Å². The van der Waals surface area contributed by atoms with Crippen LogP contribution in [0.2, 0.25) is 10.0 Å². The van der Waals surface area contributed by atoms with Gasteiger partial charge in [-0.15, -0.1) is 0 Å². The van der Waals surface area contributed by atoms with Crippen LogP contribution in [-0.4, -0.2) is 36.3 Å². The van der Waals surface area contributed by atoms with Crippen LogP contribution in [0.25, 0.3) is 0 Å². The molecule has 0 saturated carbocycles. The Balaban J connectivity index is 1.90. The lowest BCUT2D eigenvalue weighted by molar-refractivity contribution is -0.139. The minimum atomic E-state index is -0.230. The van der Waals surface area contributed by atoms with E-state index in [9.17, 15) is 9.59 Å². The van der Waals surface area contributed by atoms with Gasteiger partial charge < -0.3 is 10.2 Å². The summed E-state index contributed by atoms with van der Waals surface area (Å²) < 4.78 is 0. The van der Waals surface area contributed by atoms with E-state index in [0.29, 0.717) is 29.4 Å². The number of halogens is 2. The van der Waals surface area contributed by atoms with E-state index < -0.39 is 0 Å². The zero-order valence-corrected chi connectivity index (χ0v) is 14.2. The van der Waals surface area contributed by atoms with E-state index in [0.717, 1.165) is 5.56 Å². The quantitative estimate of drug-likeness (QED) is 0.914. The Bertz CT molecular complexity index is 577. The van der Waals surface area contributed by atoms with Crippen LogP contribution in [-0.2, 0) is 16.0 Å². The standard InChI is InChI=1S/C16H20Cl2N2O2/c1-10(7-11-3-4-13(17)9-14(11)18)19-16(22)12-5-6-20(2)15(21)8-12/h3-4,9-10,12H,5-8H2,1-2H3,(H,19,22). The molecule has 1 heterocycles. The predicted molar refractivity (Wildman–Crippen MR) is 88.1 cm³/mol. The number of nitrogens with one attached hydrogen (secondary N) is 1. The topological polar surface area (TPSA) is 49.4 Å². The smallest absolute Gasteiger partial charge is 0.223 e. The molecular formula is C16H20Cl2N2O2. The molecule has 0 radical (unpaired) electrons. The normalized spacial score (nSPS) is 19.9. The Morgan fingerprint density at radius 3 is 2.82 bits per heavy atom. The van der Waals surface area contributed by atoms with E-state index >= 15 is 0 Å². The molecule has 120 valence electrons. The number of hydrogen-bond acceptors (Lipinski definition) is 2. The summed E-state index contributed by atoms with van der Waals surface area (Å²) >= 11 is 12.0. The number of carbonyl (C=O) groups is 2. The molecule has 0 bridgehead atoms. The lowest BCUT2D eigenvalue weighted by Crippen LogP contribution is -2.44. The molecule has 1 aliphatic rings. The van der Waals surface area contributed by atoms with Crippen LogP contribution in [0.5, 0.6) is 0 Å². The average molecular weight is 343 g/mol. The molecule has 0 aromatic heterocycles. The van der Waals surface area contributed by atoms with E-state index in [4.69, 9.17) is 23.2 Å². The number of amides is 2. The molecule has 0 aliphatic carbocycles. The second kappa shape index (κ2) is 7.34. The number of hydrogen-bond donors (Lipinski definition) is 1. The number of likely N-dealkylation sites (tertiary alicyclic amines) is 1. The van der Waals surface area contributed by atoms with Crippen LogP contribution < -0.4 is 5.32 Å². The fourth-order valence-corrected chi connectivity index (χ4v) is 3.08. The maximum Gasteiger partial charge on any atom is 0.223 e. The molecule has 1 aliphatic heterocycles. The Hall–Kier alpha value is -1.26. The Morgan fingerprint density at radius 2 is 2.18 bits per heavy atom. The first kappa shape index (κ1) is 17.1. The van der Waals surface area contributed by atoms with Gasteiger partial charge in [0.2, 0.25) is 11.8 Å². The van der Waals surface area contributed by atoms with Crippen LogP contribution in [0.3, 0.4) is 0 Å². The molecule has 1 fully saturated rings. The van der Waals surface area contributed by atoms with Gasteiger partial charge >= 0.3 is 0 Å². The van der Waals surface area contributed by atoms with Gasteiger partial charge in [0.15, 0.2) is 0 Å². The zero-order chi connectivity index (χ0) is 16.3. The van der Waals surface area contributed by atoms with Crippen molar-refractivity contribution in [1.82, 2.24) is 10.2 Å². The summed E-state index contributed by atoms with van der Waals surface area (Å²) in [6.45, 7) is 2.56. The van der Waals surface area contributed by atoms with Crippen molar-refractivity contribution < 1.29 is 9.59 Å². The van der Waals surface area contributed by atoms with Gasteiger partial charge in [0.1, 0.15) is 0 Å². The number of carbonyl (C=O) groups excluding carboxylic acids is 2. The van der Waals surface area contributed by atoms with Crippen molar-refractivity contribution >= 4 is 35.0 Å². The highest BCUT2D eigenvalue weighted by atomic mass is 35.5. The third-order valence-electron chi connectivity index (χ3n) is 3.96. The monoisotopic (exact) mass is 342 g/mol. The first-order valence-corrected chi connectivity index (χ1v) is 8.10. The van der Waals surface area contributed by atoms with E-state index in [1.165, 1.54) is 0 Å². The molecule has 22 heavy (non-hydrogen) atoms. The largest absolute Gasteiger partial charge is 0.353 e. The molecule has 1 saturated heterocycles. The lowest BCUT2D eigenvalue weighted by atomic mass is 9.95. The van der Waals surface area contributed by atoms with Crippen molar-refractivity contribution in [2.45, 2.75) is 32.2 Å². The molecule has 1 aromatic rings. The number of nitrogens with zero attached hydrogens (tertiary/aromatic N) is 1. The number of piperidine rings is 1. The molecule has 2 rings (SSSR count). The molecule has 2 unspecified atom stereocenters. The Kier molecular flexibility index (Phi) is 5.70. The summed E-state index contributed by atoms with van der Waals surface area (Å²) in [5.74, 6) is -0.259. The van der Waals surface area contributed by atoms with E-state index in [-0.39, 0.29) is 30.2 Å². The van der Waals surface area contributed by atoms with Crippen molar-refractivity contribution in [2.24, 2.45) is 5.92 Å². The van der Waals surface area contributed by atoms with E-state index in [1.54, 1.807) is 24.1 Å².